The van der Waals surface area contributed by atoms with Gasteiger partial charge in [-0.2, -0.15) is 0 Å². The molecule has 0 radical (unpaired) electrons. The Morgan fingerprint density at radius 2 is 1.84 bits per heavy atom. The number of nitrogens with one attached hydrogen (secondary N) is 2. The van der Waals surface area contributed by atoms with Gasteiger partial charge in [0.05, 0.1) is 13.2 Å². The Bertz CT molecular complexity index is 397. The maximum Gasteiger partial charge on any atom is 0.363 e. The monoisotopic (exact) mass is 294 g/mol. The molecule has 0 aromatic rings. The molecule has 10 nitrogen and oxygen atoms in total. The van der Waals surface area contributed by atoms with Gasteiger partial charge < -0.3 is 9.64 Å². The Hall–Kier alpha value is -1.94. The number of hydrogen-bond acceptors (Lipinski definition) is 6. The van der Waals surface area contributed by atoms with Gasteiger partial charge in [-0.05, 0) is 11.6 Å². The van der Waals surface area contributed by atoms with E-state index >= 15 is 0 Å². The number of ether oxygens (including phenoxy) is 1. The molecule has 1 fully saturated rings. The largest absolute Gasteiger partial charge is 0.378 e. The average molecular weight is 295 g/mol. The zero-order chi connectivity index (χ0) is 14.4. The minimum atomic E-state index is -2.09. The van der Waals surface area contributed by atoms with Gasteiger partial charge in [-0.25, -0.2) is 9.59 Å². The van der Waals surface area contributed by atoms with Crippen LogP contribution in [-0.2, 0) is 9.53 Å². The second-order valence-corrected chi connectivity index (χ2v) is 3.88. The molecule has 1 aliphatic rings. The third-order valence-corrected chi connectivity index (χ3v) is 2.51. The maximum absolute atomic E-state index is 11.5. The molecule has 1 aliphatic heterocycles. The molecular formula is C8H11ClN4O6. The van der Waals surface area contributed by atoms with E-state index < -0.39 is 28.4 Å². The molecule has 0 aromatic carbocycles. The summed E-state index contributed by atoms with van der Waals surface area (Å²) in [5, 5.41) is 13.6. The predicted octanol–water partition coefficient (Wildman–Crippen LogP) is -0.894. The van der Waals surface area contributed by atoms with Gasteiger partial charge in [-0.15, -0.1) is 0 Å². The van der Waals surface area contributed by atoms with Crippen LogP contribution in [0.15, 0.2) is 0 Å². The molecule has 0 aliphatic carbocycles. The van der Waals surface area contributed by atoms with Crippen molar-refractivity contribution in [3.63, 3.8) is 0 Å². The summed E-state index contributed by atoms with van der Waals surface area (Å²) in [7, 11) is 0. The van der Waals surface area contributed by atoms with Crippen molar-refractivity contribution in [2.75, 3.05) is 26.3 Å². The second-order valence-electron chi connectivity index (χ2n) is 3.47. The number of amides is 5. The van der Waals surface area contributed by atoms with Gasteiger partial charge in [-0.3, -0.25) is 25.5 Å². The fourth-order valence-corrected chi connectivity index (χ4v) is 1.30. The molecule has 1 heterocycles. The van der Waals surface area contributed by atoms with E-state index in [4.69, 9.17) is 16.3 Å². The van der Waals surface area contributed by atoms with Crippen molar-refractivity contribution >= 4 is 29.6 Å². The molecular weight excluding hydrogens is 284 g/mol. The molecule has 19 heavy (non-hydrogen) atoms. The molecule has 1 atom stereocenters. The van der Waals surface area contributed by atoms with Crippen LogP contribution < -0.4 is 10.6 Å². The van der Waals surface area contributed by atoms with Gasteiger partial charge in [0.15, 0.2) is 0 Å². The Labute approximate surface area is 112 Å². The quantitative estimate of drug-likeness (QED) is 0.294. The van der Waals surface area contributed by atoms with Crippen molar-refractivity contribution in [2.24, 2.45) is 0 Å². The van der Waals surface area contributed by atoms with Crippen LogP contribution in [0.3, 0.4) is 0 Å². The normalized spacial score (nSPS) is 16.4. The molecule has 0 bridgehead atoms. The first-order chi connectivity index (χ1) is 8.91. The van der Waals surface area contributed by atoms with Crippen LogP contribution in [0.1, 0.15) is 0 Å². The van der Waals surface area contributed by atoms with Crippen LogP contribution in [0, 0.1) is 10.1 Å². The number of halogens is 1. The highest BCUT2D eigenvalue weighted by atomic mass is 35.5. The standard InChI is InChI=1S/C8H11ClN4O6/c9-5(13(17)18)6(14)10-7(15)11-8(16)12-1-3-19-4-2-12/h5H,1-4H2,(H2,10,11,14,15,16)/t5-/m0/s1. The third-order valence-electron chi connectivity index (χ3n) is 2.16. The van der Waals surface area contributed by atoms with Crippen LogP contribution in [-0.4, -0.2) is 59.6 Å². The summed E-state index contributed by atoms with van der Waals surface area (Å²) in [6, 6.07) is -1.89. The number of alkyl halides is 1. The lowest BCUT2D eigenvalue weighted by molar-refractivity contribution is -0.484. The number of nitro groups is 1. The SMILES string of the molecule is O=C(NC(=O)[C@@H](Cl)[N+](=O)[O-])NC(=O)N1CCOCC1. The first kappa shape index (κ1) is 15.1. The van der Waals surface area contributed by atoms with E-state index in [9.17, 15) is 24.5 Å². The molecule has 0 aromatic heterocycles. The number of imide groups is 2. The van der Waals surface area contributed by atoms with Crippen molar-refractivity contribution < 1.29 is 24.0 Å². The fourth-order valence-electron chi connectivity index (χ4n) is 1.24. The smallest absolute Gasteiger partial charge is 0.363 e. The zero-order valence-electron chi connectivity index (χ0n) is 9.63. The van der Waals surface area contributed by atoms with Crippen LogP contribution in [0.4, 0.5) is 9.59 Å². The van der Waals surface area contributed by atoms with Crippen molar-refractivity contribution in [3.05, 3.63) is 10.1 Å². The molecule has 2 N–H and O–H groups in total. The summed E-state index contributed by atoms with van der Waals surface area (Å²) in [6.45, 7) is 1.30. The second kappa shape index (κ2) is 6.85. The Balaban J connectivity index is 2.40. The molecule has 1 saturated heterocycles. The maximum atomic E-state index is 11.5. The number of carbonyl (C=O) groups excluding carboxylic acids is 3. The summed E-state index contributed by atoms with van der Waals surface area (Å²) in [5.41, 5.74) is -2.09. The molecule has 0 unspecified atom stereocenters. The minimum Gasteiger partial charge on any atom is -0.378 e. The summed E-state index contributed by atoms with van der Waals surface area (Å²) < 4.78 is 5.01. The van der Waals surface area contributed by atoms with E-state index in [1.807, 2.05) is 5.32 Å². The van der Waals surface area contributed by atoms with Gasteiger partial charge in [-0.1, -0.05) is 0 Å². The van der Waals surface area contributed by atoms with Gasteiger partial charge in [0.1, 0.15) is 0 Å². The first-order valence-corrected chi connectivity index (χ1v) is 5.61. The number of urea groups is 2. The van der Waals surface area contributed by atoms with E-state index in [1.165, 1.54) is 4.90 Å². The summed E-state index contributed by atoms with van der Waals surface area (Å²) in [4.78, 5) is 44.2. The van der Waals surface area contributed by atoms with E-state index in [0.29, 0.717) is 26.3 Å². The van der Waals surface area contributed by atoms with Crippen LogP contribution in [0.5, 0.6) is 0 Å². The van der Waals surface area contributed by atoms with Crippen molar-refractivity contribution in [2.45, 2.75) is 5.50 Å². The van der Waals surface area contributed by atoms with Gasteiger partial charge in [0.2, 0.25) is 0 Å². The van der Waals surface area contributed by atoms with Crippen molar-refractivity contribution in [1.82, 2.24) is 15.5 Å². The lowest BCUT2D eigenvalue weighted by Gasteiger charge is -2.26. The van der Waals surface area contributed by atoms with Crippen molar-refractivity contribution in [3.8, 4) is 0 Å². The number of nitrogens with zero attached hydrogens (tertiary/aromatic N) is 2. The number of hydrogen-bond donors (Lipinski definition) is 2. The van der Waals surface area contributed by atoms with Gasteiger partial charge in [0.25, 0.3) is 0 Å². The lowest BCUT2D eigenvalue weighted by atomic mass is 10.4. The van der Waals surface area contributed by atoms with E-state index in [-0.39, 0.29) is 0 Å². The number of rotatable bonds is 2. The first-order valence-electron chi connectivity index (χ1n) is 5.18. The Morgan fingerprint density at radius 3 is 2.37 bits per heavy atom. The highest BCUT2D eigenvalue weighted by Gasteiger charge is 2.29. The lowest BCUT2D eigenvalue weighted by Crippen LogP contribution is -2.52. The highest BCUT2D eigenvalue weighted by Crippen LogP contribution is 1.98. The molecule has 106 valence electrons. The van der Waals surface area contributed by atoms with Crippen LogP contribution >= 0.6 is 11.6 Å². The number of morpholine rings is 1. The van der Waals surface area contributed by atoms with Gasteiger partial charge >= 0.3 is 23.5 Å². The predicted molar refractivity (Wildman–Crippen MR) is 61.1 cm³/mol. The minimum absolute atomic E-state index is 0.306. The van der Waals surface area contributed by atoms with E-state index in [1.54, 1.807) is 5.32 Å². The average Bonchev–Trinajstić information content (AvgIpc) is 2.38. The van der Waals surface area contributed by atoms with Crippen LogP contribution in [0.25, 0.3) is 0 Å². The molecule has 5 amide bonds. The number of carbonyl (C=O) groups is 3. The highest BCUT2D eigenvalue weighted by molar-refractivity contribution is 6.30. The Kier molecular flexibility index (Phi) is 5.45. The zero-order valence-corrected chi connectivity index (χ0v) is 10.4. The molecule has 0 spiro atoms. The summed E-state index contributed by atoms with van der Waals surface area (Å²) in [5.74, 6) is -1.32. The molecule has 11 heteroatoms. The van der Waals surface area contributed by atoms with Crippen molar-refractivity contribution in [1.29, 1.82) is 0 Å². The summed E-state index contributed by atoms with van der Waals surface area (Å²) in [6.07, 6.45) is 0. The third kappa shape index (κ3) is 4.67. The molecule has 1 rings (SSSR count). The summed E-state index contributed by atoms with van der Waals surface area (Å²) >= 11 is 5.09. The Morgan fingerprint density at radius 1 is 1.26 bits per heavy atom. The topological polar surface area (TPSA) is 131 Å². The van der Waals surface area contributed by atoms with E-state index in [2.05, 4.69) is 0 Å². The molecule has 0 saturated carbocycles. The fraction of sp³-hybridized carbons (Fsp3) is 0.625. The van der Waals surface area contributed by atoms with Crippen LogP contribution in [0.2, 0.25) is 0 Å². The van der Waals surface area contributed by atoms with Gasteiger partial charge in [0, 0.05) is 18.0 Å². The van der Waals surface area contributed by atoms with E-state index in [0.717, 1.165) is 0 Å².